The van der Waals surface area contributed by atoms with Gasteiger partial charge in [0.1, 0.15) is 5.75 Å². The topological polar surface area (TPSA) is 49.7 Å². The zero-order chi connectivity index (χ0) is 9.19. The van der Waals surface area contributed by atoms with E-state index in [0.717, 1.165) is 0 Å². The summed E-state index contributed by atoms with van der Waals surface area (Å²) in [6, 6.07) is 6.24. The summed E-state index contributed by atoms with van der Waals surface area (Å²) in [6.07, 6.45) is 1.57. The Morgan fingerprint density at radius 1 is 1.33 bits per heavy atom. The molecule has 4 heteroatoms. The largest absolute Gasteiger partial charge is 0.508 e. The summed E-state index contributed by atoms with van der Waals surface area (Å²) < 4.78 is 15.4. The van der Waals surface area contributed by atoms with Crippen LogP contribution >= 0.6 is 0 Å². The Balaban J connectivity index is 3.24. The summed E-state index contributed by atoms with van der Waals surface area (Å²) in [5.41, 5.74) is 0. The molecule has 1 rings (SSSR count). The lowest BCUT2D eigenvalue weighted by Gasteiger charge is -2.01. The lowest BCUT2D eigenvalue weighted by Crippen LogP contribution is -1.95. The van der Waals surface area contributed by atoms with Gasteiger partial charge in [-0.05, 0) is 24.3 Å². The number of hydrogen-bond acceptors (Lipinski definition) is 3. The highest BCUT2D eigenvalue weighted by Crippen LogP contribution is 2.15. The van der Waals surface area contributed by atoms with E-state index in [-0.39, 0.29) is 5.75 Å². The van der Waals surface area contributed by atoms with E-state index in [1.807, 2.05) is 0 Å². The molecule has 3 nitrogen and oxygen atoms in total. The maximum atomic E-state index is 11.6. The minimum absolute atomic E-state index is 0.171. The number of rotatable bonds is 1. The molecule has 0 spiro atoms. The van der Waals surface area contributed by atoms with Gasteiger partial charge < -0.3 is 5.11 Å². The van der Waals surface area contributed by atoms with Crippen LogP contribution in [-0.4, -0.2) is 22.6 Å². The van der Waals surface area contributed by atoms with Crippen molar-refractivity contribution in [2.75, 3.05) is 13.3 Å². The second-order valence-corrected chi connectivity index (χ2v) is 4.92. The van der Waals surface area contributed by atoms with Crippen molar-refractivity contribution in [2.45, 2.75) is 4.90 Å². The summed E-state index contributed by atoms with van der Waals surface area (Å²) in [5.74, 6) is 0.171. The van der Waals surface area contributed by atoms with E-state index in [1.54, 1.807) is 18.4 Å². The van der Waals surface area contributed by atoms with Crippen molar-refractivity contribution in [2.24, 2.45) is 4.36 Å². The zero-order valence-corrected chi connectivity index (χ0v) is 7.84. The molecule has 66 valence electrons. The van der Waals surface area contributed by atoms with Gasteiger partial charge in [0.25, 0.3) is 0 Å². The smallest absolute Gasteiger partial charge is 0.115 e. The third-order valence-electron chi connectivity index (χ3n) is 1.62. The second-order valence-electron chi connectivity index (χ2n) is 2.48. The molecule has 0 fully saturated rings. The Bertz CT molecular complexity index is 375. The molecule has 0 unspecified atom stereocenters. The maximum absolute atomic E-state index is 11.6. The molecular formula is C8H11NO2S. The molecule has 0 heterocycles. The minimum Gasteiger partial charge on any atom is -0.508 e. The SMILES string of the molecule is CN=[S@](C)(=O)c1ccc(O)cc1. The molecule has 0 aromatic heterocycles. The lowest BCUT2D eigenvalue weighted by atomic mass is 10.3. The molecule has 0 aliphatic rings. The van der Waals surface area contributed by atoms with Crippen LogP contribution in [-0.2, 0) is 9.73 Å². The fourth-order valence-electron chi connectivity index (χ4n) is 0.804. The standard InChI is InChI=1S/C8H11NO2S/c1-9-12(2,11)8-5-3-7(10)4-6-8/h3-6,10H,1-2H3/t12-/m1/s1. The van der Waals surface area contributed by atoms with Gasteiger partial charge in [0.15, 0.2) is 0 Å². The molecule has 1 aromatic carbocycles. The van der Waals surface area contributed by atoms with Crippen molar-refractivity contribution >= 4 is 9.73 Å². The molecule has 0 amide bonds. The molecule has 0 saturated carbocycles. The van der Waals surface area contributed by atoms with Crippen LogP contribution in [0.25, 0.3) is 0 Å². The van der Waals surface area contributed by atoms with Crippen molar-refractivity contribution in [3.63, 3.8) is 0 Å². The van der Waals surface area contributed by atoms with Crippen molar-refractivity contribution in [3.05, 3.63) is 24.3 Å². The third kappa shape index (κ3) is 1.76. The number of benzene rings is 1. The van der Waals surface area contributed by atoms with Crippen molar-refractivity contribution in [3.8, 4) is 5.75 Å². The average molecular weight is 185 g/mol. The van der Waals surface area contributed by atoms with E-state index in [2.05, 4.69) is 4.36 Å². The number of nitrogens with zero attached hydrogens (tertiary/aromatic N) is 1. The Morgan fingerprint density at radius 3 is 2.25 bits per heavy atom. The van der Waals surface area contributed by atoms with Crippen LogP contribution in [0.4, 0.5) is 0 Å². The normalized spacial score (nSPS) is 15.2. The predicted molar refractivity (Wildman–Crippen MR) is 48.8 cm³/mol. The third-order valence-corrected chi connectivity index (χ3v) is 3.47. The van der Waals surface area contributed by atoms with E-state index in [0.29, 0.717) is 4.90 Å². The van der Waals surface area contributed by atoms with Crippen LogP contribution in [0.2, 0.25) is 0 Å². The number of hydrogen-bond donors (Lipinski definition) is 1. The van der Waals surface area contributed by atoms with Crippen molar-refractivity contribution in [1.29, 1.82) is 0 Å². The maximum Gasteiger partial charge on any atom is 0.115 e. The van der Waals surface area contributed by atoms with E-state index in [1.165, 1.54) is 19.2 Å². The van der Waals surface area contributed by atoms with E-state index < -0.39 is 9.73 Å². The molecular weight excluding hydrogens is 174 g/mol. The Kier molecular flexibility index (Phi) is 2.38. The average Bonchev–Trinajstić information content (AvgIpc) is 2.05. The first-order valence-corrected chi connectivity index (χ1v) is 5.38. The van der Waals surface area contributed by atoms with Gasteiger partial charge in [0, 0.05) is 18.2 Å². The summed E-state index contributed by atoms with van der Waals surface area (Å²) in [4.78, 5) is 0.641. The fraction of sp³-hybridized carbons (Fsp3) is 0.250. The number of phenolic OH excluding ortho intramolecular Hbond substituents is 1. The molecule has 0 aliphatic heterocycles. The van der Waals surface area contributed by atoms with Crippen LogP contribution in [0.5, 0.6) is 5.75 Å². The molecule has 0 aliphatic carbocycles. The first-order valence-electron chi connectivity index (χ1n) is 3.45. The highest BCUT2D eigenvalue weighted by Gasteiger charge is 2.02. The second kappa shape index (κ2) is 3.15. The summed E-state index contributed by atoms with van der Waals surface area (Å²) in [7, 11) is -0.728. The van der Waals surface area contributed by atoms with Gasteiger partial charge in [-0.2, -0.15) is 0 Å². The van der Waals surface area contributed by atoms with Gasteiger partial charge in [-0.3, -0.25) is 0 Å². The highest BCUT2D eigenvalue weighted by molar-refractivity contribution is 7.93. The van der Waals surface area contributed by atoms with Gasteiger partial charge >= 0.3 is 0 Å². The van der Waals surface area contributed by atoms with Gasteiger partial charge in [-0.25, -0.2) is 8.57 Å². The Hall–Kier alpha value is -1.03. The monoisotopic (exact) mass is 185 g/mol. The van der Waals surface area contributed by atoms with Gasteiger partial charge in [0.2, 0.25) is 0 Å². The Labute approximate surface area is 72.2 Å². The first-order chi connectivity index (χ1) is 5.56. The number of aromatic hydroxyl groups is 1. The molecule has 1 aromatic rings. The van der Waals surface area contributed by atoms with Crippen LogP contribution in [0, 0.1) is 0 Å². The zero-order valence-electron chi connectivity index (χ0n) is 7.02. The van der Waals surface area contributed by atoms with E-state index >= 15 is 0 Å². The van der Waals surface area contributed by atoms with Crippen molar-refractivity contribution < 1.29 is 9.32 Å². The quantitative estimate of drug-likeness (QED) is 0.720. The van der Waals surface area contributed by atoms with Crippen molar-refractivity contribution in [1.82, 2.24) is 0 Å². The van der Waals surface area contributed by atoms with Gasteiger partial charge in [0.05, 0.1) is 9.73 Å². The van der Waals surface area contributed by atoms with E-state index in [9.17, 15) is 4.21 Å². The first kappa shape index (κ1) is 9.06. The minimum atomic E-state index is -2.25. The molecule has 0 radical (unpaired) electrons. The lowest BCUT2D eigenvalue weighted by molar-refractivity contribution is 0.475. The summed E-state index contributed by atoms with van der Waals surface area (Å²) >= 11 is 0. The molecule has 12 heavy (non-hydrogen) atoms. The summed E-state index contributed by atoms with van der Waals surface area (Å²) in [5, 5.41) is 8.97. The molecule has 0 bridgehead atoms. The van der Waals surface area contributed by atoms with Gasteiger partial charge in [-0.15, -0.1) is 0 Å². The van der Waals surface area contributed by atoms with Crippen LogP contribution in [0.15, 0.2) is 33.5 Å². The van der Waals surface area contributed by atoms with Crippen LogP contribution < -0.4 is 0 Å². The predicted octanol–water partition coefficient (Wildman–Crippen LogP) is 1.48. The van der Waals surface area contributed by atoms with Crippen LogP contribution in [0.3, 0.4) is 0 Å². The highest BCUT2D eigenvalue weighted by atomic mass is 32.2. The Morgan fingerprint density at radius 2 is 1.83 bits per heavy atom. The molecule has 1 N–H and O–H groups in total. The fourth-order valence-corrected chi connectivity index (χ4v) is 1.66. The van der Waals surface area contributed by atoms with Crippen LogP contribution in [0.1, 0.15) is 0 Å². The van der Waals surface area contributed by atoms with E-state index in [4.69, 9.17) is 5.11 Å². The van der Waals surface area contributed by atoms with Gasteiger partial charge in [-0.1, -0.05) is 0 Å². The molecule has 1 atom stereocenters. The summed E-state index contributed by atoms with van der Waals surface area (Å²) in [6.45, 7) is 0. The molecule has 0 saturated heterocycles. The number of phenols is 1.